The van der Waals surface area contributed by atoms with Crippen LogP contribution in [0.1, 0.15) is 0 Å². The Morgan fingerprint density at radius 3 is 2.69 bits per heavy atom. The van der Waals surface area contributed by atoms with Crippen molar-refractivity contribution in [3.05, 3.63) is 48.9 Å². The highest BCUT2D eigenvalue weighted by Gasteiger charge is 1.92. The fraction of sp³-hybridized carbons (Fsp3) is 0. The molecular formula is C10H8N3. The molecule has 1 heterocycles. The highest BCUT2D eigenvalue weighted by Crippen LogP contribution is 2.11. The summed E-state index contributed by atoms with van der Waals surface area (Å²) in [7, 11) is 0. The Balaban J connectivity index is 2.16. The molecular weight excluding hydrogens is 162 g/mol. The Bertz CT molecular complexity index is 321. The van der Waals surface area contributed by atoms with E-state index < -0.39 is 0 Å². The zero-order chi connectivity index (χ0) is 8.93. The van der Waals surface area contributed by atoms with Crippen molar-refractivity contribution >= 4 is 11.5 Å². The summed E-state index contributed by atoms with van der Waals surface area (Å²) < 4.78 is 0. The maximum absolute atomic E-state index is 4.02. The summed E-state index contributed by atoms with van der Waals surface area (Å²) in [6.07, 6.45) is 4.17. The van der Waals surface area contributed by atoms with Gasteiger partial charge in [0, 0.05) is 11.8 Å². The smallest absolute Gasteiger partial charge is 0.134 e. The van der Waals surface area contributed by atoms with Gasteiger partial charge in [-0.05, 0) is 12.1 Å². The molecule has 0 saturated carbocycles. The van der Waals surface area contributed by atoms with Crippen LogP contribution in [0, 0.1) is 6.20 Å². The Hall–Kier alpha value is -1.90. The first-order chi connectivity index (χ1) is 6.45. The molecule has 2 aromatic rings. The van der Waals surface area contributed by atoms with E-state index in [0.29, 0.717) is 0 Å². The summed E-state index contributed by atoms with van der Waals surface area (Å²) >= 11 is 0. The third-order valence-electron chi connectivity index (χ3n) is 1.58. The molecule has 3 nitrogen and oxygen atoms in total. The second-order valence-electron chi connectivity index (χ2n) is 2.52. The normalized spacial score (nSPS) is 9.54. The zero-order valence-corrected chi connectivity index (χ0v) is 6.94. The van der Waals surface area contributed by atoms with Gasteiger partial charge in [0.2, 0.25) is 0 Å². The molecule has 3 heteroatoms. The standard InChI is InChI=1S/C10H8N3/c1-2-4-9(5-3-1)13-10-6-7-11-8-12-10/h1-6,8H,(H,11,12,13). The number of hydrogen-bond donors (Lipinski definition) is 1. The van der Waals surface area contributed by atoms with Crippen LogP contribution in [0.4, 0.5) is 11.5 Å². The molecule has 1 radical (unpaired) electrons. The maximum Gasteiger partial charge on any atom is 0.134 e. The largest absolute Gasteiger partial charge is 0.340 e. The topological polar surface area (TPSA) is 37.8 Å². The maximum atomic E-state index is 4.02. The van der Waals surface area contributed by atoms with Gasteiger partial charge in [0.25, 0.3) is 0 Å². The van der Waals surface area contributed by atoms with Crippen LogP contribution in [0.2, 0.25) is 0 Å². The Labute approximate surface area is 76.5 Å². The van der Waals surface area contributed by atoms with Gasteiger partial charge in [0.05, 0.1) is 6.20 Å². The average molecular weight is 170 g/mol. The van der Waals surface area contributed by atoms with Crippen molar-refractivity contribution in [2.45, 2.75) is 0 Å². The highest BCUT2D eigenvalue weighted by molar-refractivity contribution is 5.54. The fourth-order valence-electron chi connectivity index (χ4n) is 0.998. The molecule has 2 rings (SSSR count). The SMILES string of the molecule is [c]1cc(Nc2ccccc2)ncn1. The summed E-state index contributed by atoms with van der Waals surface area (Å²) in [4.78, 5) is 7.73. The molecule has 0 atom stereocenters. The third kappa shape index (κ3) is 2.02. The molecule has 63 valence electrons. The lowest BCUT2D eigenvalue weighted by Crippen LogP contribution is -1.92. The van der Waals surface area contributed by atoms with Crippen LogP contribution in [0.15, 0.2) is 42.7 Å². The van der Waals surface area contributed by atoms with Crippen LogP contribution in [-0.4, -0.2) is 9.97 Å². The number of aromatic nitrogens is 2. The monoisotopic (exact) mass is 170 g/mol. The van der Waals surface area contributed by atoms with E-state index in [1.165, 1.54) is 6.33 Å². The summed E-state index contributed by atoms with van der Waals surface area (Å²) in [6.45, 7) is 0. The molecule has 0 bridgehead atoms. The number of hydrogen-bond acceptors (Lipinski definition) is 3. The first kappa shape index (κ1) is 7.73. The molecule has 0 aliphatic rings. The van der Waals surface area contributed by atoms with E-state index in [4.69, 9.17) is 0 Å². The van der Waals surface area contributed by atoms with Crippen molar-refractivity contribution < 1.29 is 0 Å². The van der Waals surface area contributed by atoms with E-state index in [9.17, 15) is 0 Å². The van der Waals surface area contributed by atoms with Crippen molar-refractivity contribution in [3.63, 3.8) is 0 Å². The third-order valence-corrected chi connectivity index (χ3v) is 1.58. The van der Waals surface area contributed by atoms with Gasteiger partial charge in [-0.15, -0.1) is 0 Å². The van der Waals surface area contributed by atoms with Crippen LogP contribution in [0.5, 0.6) is 0 Å². The molecule has 13 heavy (non-hydrogen) atoms. The lowest BCUT2D eigenvalue weighted by atomic mass is 10.3. The van der Waals surface area contributed by atoms with Crippen LogP contribution in [0.3, 0.4) is 0 Å². The van der Waals surface area contributed by atoms with E-state index in [-0.39, 0.29) is 0 Å². The number of rotatable bonds is 2. The van der Waals surface area contributed by atoms with E-state index in [1.807, 2.05) is 30.3 Å². The van der Waals surface area contributed by atoms with E-state index >= 15 is 0 Å². The minimum absolute atomic E-state index is 0.751. The van der Waals surface area contributed by atoms with Crippen LogP contribution in [0.25, 0.3) is 0 Å². The van der Waals surface area contributed by atoms with Gasteiger partial charge in [-0.2, -0.15) is 0 Å². The molecule has 1 aromatic heterocycles. The van der Waals surface area contributed by atoms with Crippen molar-refractivity contribution in [2.24, 2.45) is 0 Å². The lowest BCUT2D eigenvalue weighted by Gasteiger charge is -2.02. The second-order valence-corrected chi connectivity index (χ2v) is 2.52. The predicted molar refractivity (Wildman–Crippen MR) is 50.6 cm³/mol. The number of benzene rings is 1. The summed E-state index contributed by atoms with van der Waals surface area (Å²) in [5.41, 5.74) is 1.01. The van der Waals surface area contributed by atoms with Crippen molar-refractivity contribution in [1.29, 1.82) is 0 Å². The van der Waals surface area contributed by atoms with Crippen molar-refractivity contribution in [2.75, 3.05) is 5.32 Å². The van der Waals surface area contributed by atoms with E-state index in [2.05, 4.69) is 21.5 Å². The number of nitrogens with one attached hydrogen (secondary N) is 1. The Morgan fingerprint density at radius 1 is 1.15 bits per heavy atom. The zero-order valence-electron chi connectivity index (χ0n) is 6.94. The first-order valence-electron chi connectivity index (χ1n) is 3.95. The Morgan fingerprint density at radius 2 is 2.00 bits per heavy atom. The number of para-hydroxylation sites is 1. The number of anilines is 2. The molecule has 0 amide bonds. The first-order valence-corrected chi connectivity index (χ1v) is 3.95. The van der Waals surface area contributed by atoms with Gasteiger partial charge in [0.15, 0.2) is 0 Å². The highest BCUT2D eigenvalue weighted by atomic mass is 15.0. The van der Waals surface area contributed by atoms with Crippen molar-refractivity contribution in [1.82, 2.24) is 9.97 Å². The second kappa shape index (κ2) is 3.67. The molecule has 0 aliphatic carbocycles. The van der Waals surface area contributed by atoms with Gasteiger partial charge in [0.1, 0.15) is 12.1 Å². The lowest BCUT2D eigenvalue weighted by molar-refractivity contribution is 1.16. The van der Waals surface area contributed by atoms with Gasteiger partial charge in [-0.25, -0.2) is 9.97 Å². The van der Waals surface area contributed by atoms with Gasteiger partial charge in [-0.1, -0.05) is 18.2 Å². The van der Waals surface area contributed by atoms with Crippen LogP contribution >= 0.6 is 0 Å². The molecule has 0 unspecified atom stereocenters. The van der Waals surface area contributed by atoms with Crippen LogP contribution < -0.4 is 5.32 Å². The van der Waals surface area contributed by atoms with E-state index in [1.54, 1.807) is 6.07 Å². The summed E-state index contributed by atoms with van der Waals surface area (Å²) in [5, 5.41) is 3.12. The molecule has 1 aromatic carbocycles. The average Bonchev–Trinajstić information content (AvgIpc) is 2.21. The minimum atomic E-state index is 0.751. The van der Waals surface area contributed by atoms with Gasteiger partial charge >= 0.3 is 0 Å². The van der Waals surface area contributed by atoms with E-state index in [0.717, 1.165) is 11.5 Å². The fourth-order valence-corrected chi connectivity index (χ4v) is 0.998. The van der Waals surface area contributed by atoms with Crippen LogP contribution in [-0.2, 0) is 0 Å². The van der Waals surface area contributed by atoms with Gasteiger partial charge < -0.3 is 5.32 Å². The predicted octanol–water partition coefficient (Wildman–Crippen LogP) is 2.02. The molecule has 0 fully saturated rings. The Kier molecular flexibility index (Phi) is 2.18. The molecule has 1 N–H and O–H groups in total. The minimum Gasteiger partial charge on any atom is -0.340 e. The summed E-state index contributed by atoms with van der Waals surface area (Å²) in [6, 6.07) is 11.6. The molecule has 0 aliphatic heterocycles. The number of nitrogens with zero attached hydrogens (tertiary/aromatic N) is 2. The van der Waals surface area contributed by atoms with Crippen molar-refractivity contribution in [3.8, 4) is 0 Å². The molecule has 0 spiro atoms. The quantitative estimate of drug-likeness (QED) is 0.749. The molecule has 0 saturated heterocycles. The van der Waals surface area contributed by atoms with Gasteiger partial charge in [-0.3, -0.25) is 0 Å². The summed E-state index contributed by atoms with van der Waals surface area (Å²) in [5.74, 6) is 0.751.